The number of thiophene rings is 1. The summed E-state index contributed by atoms with van der Waals surface area (Å²) < 4.78 is 31.7. The minimum absolute atomic E-state index is 0.345. The van der Waals surface area contributed by atoms with Crippen LogP contribution in [-0.2, 0) is 26.1 Å². The molecule has 0 aromatic carbocycles. The van der Waals surface area contributed by atoms with Crippen LogP contribution in [0, 0.1) is 0 Å². The SMILES string of the molecule is CN(Cc1cccs1)C(=O)COC(=O)c1ccc(S(N)(=O)=O)o1. The maximum atomic E-state index is 11.9. The van der Waals surface area contributed by atoms with Crippen LogP contribution in [0.3, 0.4) is 0 Å². The van der Waals surface area contributed by atoms with Crippen LogP contribution in [0.4, 0.5) is 0 Å². The summed E-state index contributed by atoms with van der Waals surface area (Å²) >= 11 is 1.51. The number of esters is 1. The molecule has 0 radical (unpaired) electrons. The van der Waals surface area contributed by atoms with Gasteiger partial charge in [0.2, 0.25) is 10.9 Å². The number of nitrogens with two attached hydrogens (primary N) is 1. The Labute approximate surface area is 136 Å². The van der Waals surface area contributed by atoms with Gasteiger partial charge in [0, 0.05) is 11.9 Å². The lowest BCUT2D eigenvalue weighted by Crippen LogP contribution is -2.30. The van der Waals surface area contributed by atoms with Gasteiger partial charge in [-0.2, -0.15) is 0 Å². The van der Waals surface area contributed by atoms with Crippen molar-refractivity contribution in [2.75, 3.05) is 13.7 Å². The molecule has 0 bridgehead atoms. The number of primary sulfonamides is 1. The molecule has 0 saturated heterocycles. The highest BCUT2D eigenvalue weighted by molar-refractivity contribution is 7.89. The van der Waals surface area contributed by atoms with E-state index in [1.807, 2.05) is 17.5 Å². The fourth-order valence-corrected chi connectivity index (χ4v) is 2.84. The van der Waals surface area contributed by atoms with Crippen molar-refractivity contribution in [1.82, 2.24) is 4.90 Å². The Morgan fingerprint density at radius 2 is 2.09 bits per heavy atom. The van der Waals surface area contributed by atoms with Crippen molar-refractivity contribution < 1.29 is 27.2 Å². The Kier molecular flexibility index (Phi) is 5.19. The quantitative estimate of drug-likeness (QED) is 0.763. The van der Waals surface area contributed by atoms with Crippen LogP contribution in [0.25, 0.3) is 0 Å². The van der Waals surface area contributed by atoms with Crippen LogP contribution < -0.4 is 5.14 Å². The van der Waals surface area contributed by atoms with Crippen LogP contribution in [-0.4, -0.2) is 38.8 Å². The number of nitrogens with zero attached hydrogens (tertiary/aromatic N) is 1. The Morgan fingerprint density at radius 1 is 1.35 bits per heavy atom. The van der Waals surface area contributed by atoms with E-state index >= 15 is 0 Å². The molecule has 0 fully saturated rings. The highest BCUT2D eigenvalue weighted by Crippen LogP contribution is 2.14. The number of carbonyl (C=O) groups is 2. The van der Waals surface area contributed by atoms with Crippen molar-refractivity contribution in [3.8, 4) is 0 Å². The summed E-state index contributed by atoms with van der Waals surface area (Å²) in [6.45, 7) is -0.0729. The first kappa shape index (κ1) is 17.2. The van der Waals surface area contributed by atoms with Gasteiger partial charge in [0.1, 0.15) is 0 Å². The summed E-state index contributed by atoms with van der Waals surface area (Å²) in [6, 6.07) is 5.91. The average Bonchev–Trinajstić information content (AvgIpc) is 3.14. The predicted molar refractivity (Wildman–Crippen MR) is 81.2 cm³/mol. The Balaban J connectivity index is 1.88. The number of likely N-dealkylation sites (N-methyl/N-ethyl adjacent to an activating group) is 1. The lowest BCUT2D eigenvalue weighted by molar-refractivity contribution is -0.133. The lowest BCUT2D eigenvalue weighted by atomic mass is 10.4. The van der Waals surface area contributed by atoms with Gasteiger partial charge in [-0.3, -0.25) is 4.79 Å². The van der Waals surface area contributed by atoms with Gasteiger partial charge >= 0.3 is 5.97 Å². The fraction of sp³-hybridized carbons (Fsp3) is 0.231. The summed E-state index contributed by atoms with van der Waals surface area (Å²) in [5, 5.41) is 6.21. The number of sulfonamides is 1. The zero-order valence-corrected chi connectivity index (χ0v) is 13.7. The van der Waals surface area contributed by atoms with Gasteiger partial charge in [0.25, 0.3) is 15.9 Å². The van der Waals surface area contributed by atoms with E-state index in [1.54, 1.807) is 7.05 Å². The van der Waals surface area contributed by atoms with E-state index in [4.69, 9.17) is 14.3 Å². The predicted octanol–water partition coefficient (Wildman–Crippen LogP) is 0.804. The number of amides is 1. The van der Waals surface area contributed by atoms with E-state index in [9.17, 15) is 18.0 Å². The second kappa shape index (κ2) is 6.94. The topological polar surface area (TPSA) is 120 Å². The Morgan fingerprint density at radius 3 is 2.65 bits per heavy atom. The van der Waals surface area contributed by atoms with E-state index in [2.05, 4.69) is 0 Å². The molecule has 10 heteroatoms. The molecule has 2 rings (SSSR count). The first-order valence-corrected chi connectivity index (χ1v) is 8.76. The molecule has 2 aromatic rings. The van der Waals surface area contributed by atoms with Gasteiger partial charge < -0.3 is 14.1 Å². The number of furan rings is 1. The molecule has 2 heterocycles. The van der Waals surface area contributed by atoms with E-state index in [0.717, 1.165) is 17.0 Å². The first-order valence-electron chi connectivity index (χ1n) is 6.33. The van der Waals surface area contributed by atoms with E-state index in [0.29, 0.717) is 6.54 Å². The highest BCUT2D eigenvalue weighted by atomic mass is 32.2. The van der Waals surface area contributed by atoms with Gasteiger partial charge in [0.05, 0.1) is 6.54 Å². The molecule has 0 aliphatic rings. The summed E-state index contributed by atoms with van der Waals surface area (Å²) in [6.07, 6.45) is 0. The number of hydrogen-bond acceptors (Lipinski definition) is 7. The Hall–Kier alpha value is -2.17. The summed E-state index contributed by atoms with van der Waals surface area (Å²) in [4.78, 5) is 26.0. The van der Waals surface area contributed by atoms with Gasteiger partial charge in [-0.25, -0.2) is 18.4 Å². The molecule has 2 aromatic heterocycles. The molecule has 0 unspecified atom stereocenters. The molecule has 0 spiro atoms. The van der Waals surface area contributed by atoms with Gasteiger partial charge in [-0.1, -0.05) is 6.07 Å². The second-order valence-corrected chi connectivity index (χ2v) is 7.09. The molecular formula is C13H14N2O6S2. The van der Waals surface area contributed by atoms with Gasteiger partial charge in [0.15, 0.2) is 6.61 Å². The van der Waals surface area contributed by atoms with Gasteiger partial charge in [-0.15, -0.1) is 11.3 Å². The molecule has 8 nitrogen and oxygen atoms in total. The summed E-state index contributed by atoms with van der Waals surface area (Å²) in [7, 11) is -2.45. The zero-order chi connectivity index (χ0) is 17.0. The molecule has 0 aliphatic carbocycles. The lowest BCUT2D eigenvalue weighted by Gasteiger charge is -2.15. The average molecular weight is 358 g/mol. The normalized spacial score (nSPS) is 11.2. The molecule has 0 aliphatic heterocycles. The molecular weight excluding hydrogens is 344 g/mol. The third-order valence-corrected chi connectivity index (χ3v) is 4.43. The molecule has 0 atom stereocenters. The van der Waals surface area contributed by atoms with Crippen molar-refractivity contribution in [2.45, 2.75) is 11.6 Å². The second-order valence-electron chi connectivity index (χ2n) is 4.57. The van der Waals surface area contributed by atoms with Crippen molar-refractivity contribution in [3.63, 3.8) is 0 Å². The first-order chi connectivity index (χ1) is 10.8. The smallest absolute Gasteiger partial charge is 0.374 e. The highest BCUT2D eigenvalue weighted by Gasteiger charge is 2.20. The number of ether oxygens (including phenoxy) is 1. The summed E-state index contributed by atoms with van der Waals surface area (Å²) in [5.74, 6) is -1.69. The number of rotatable bonds is 6. The maximum Gasteiger partial charge on any atom is 0.374 e. The number of hydrogen-bond donors (Lipinski definition) is 1. The molecule has 23 heavy (non-hydrogen) atoms. The molecule has 124 valence electrons. The Bertz CT molecular complexity index is 794. The van der Waals surface area contributed by atoms with E-state index in [1.165, 1.54) is 16.2 Å². The molecule has 0 saturated carbocycles. The van der Waals surface area contributed by atoms with E-state index < -0.39 is 33.6 Å². The number of carbonyl (C=O) groups excluding carboxylic acids is 2. The zero-order valence-electron chi connectivity index (χ0n) is 12.1. The molecule has 2 N–H and O–H groups in total. The third-order valence-electron chi connectivity index (χ3n) is 2.79. The van der Waals surface area contributed by atoms with Crippen LogP contribution >= 0.6 is 11.3 Å². The minimum atomic E-state index is -4.04. The van der Waals surface area contributed by atoms with Crippen molar-refractivity contribution in [1.29, 1.82) is 0 Å². The maximum absolute atomic E-state index is 11.9. The largest absolute Gasteiger partial charge is 0.450 e. The molecule has 1 amide bonds. The monoisotopic (exact) mass is 358 g/mol. The van der Waals surface area contributed by atoms with Crippen LogP contribution in [0.1, 0.15) is 15.4 Å². The van der Waals surface area contributed by atoms with Crippen molar-refractivity contribution in [2.24, 2.45) is 5.14 Å². The van der Waals surface area contributed by atoms with Crippen LogP contribution in [0.2, 0.25) is 0 Å². The minimum Gasteiger partial charge on any atom is -0.450 e. The van der Waals surface area contributed by atoms with Gasteiger partial charge in [-0.05, 0) is 23.6 Å². The van der Waals surface area contributed by atoms with Crippen LogP contribution in [0.15, 0.2) is 39.2 Å². The van der Waals surface area contributed by atoms with Crippen molar-refractivity contribution in [3.05, 3.63) is 40.3 Å². The summed E-state index contributed by atoms with van der Waals surface area (Å²) in [5.41, 5.74) is 0. The standard InChI is InChI=1S/C13H14N2O6S2/c1-15(7-9-3-2-6-22-9)11(16)8-20-13(17)10-4-5-12(21-10)23(14,18)19/h2-6H,7-8H2,1H3,(H2,14,18,19). The third kappa shape index (κ3) is 4.65. The van der Waals surface area contributed by atoms with E-state index in [-0.39, 0.29) is 5.76 Å². The van der Waals surface area contributed by atoms with Crippen molar-refractivity contribution >= 4 is 33.2 Å². The van der Waals surface area contributed by atoms with Crippen LogP contribution in [0.5, 0.6) is 0 Å². The fourth-order valence-electron chi connectivity index (χ4n) is 1.62.